The highest BCUT2D eigenvalue weighted by atomic mass is 32.2. The Morgan fingerprint density at radius 3 is 2.16 bits per heavy atom. The van der Waals surface area contributed by atoms with E-state index in [0.717, 1.165) is 30.7 Å². The molecular formula is C12H16F3NO2S. The third-order valence-corrected chi connectivity index (χ3v) is 4.49. The van der Waals surface area contributed by atoms with E-state index < -0.39 is 27.6 Å². The monoisotopic (exact) mass is 295 g/mol. The van der Waals surface area contributed by atoms with Gasteiger partial charge < -0.3 is 5.73 Å². The maximum Gasteiger partial charge on any atom is 0.416 e. The van der Waals surface area contributed by atoms with Gasteiger partial charge in [0.05, 0.1) is 16.2 Å². The van der Waals surface area contributed by atoms with E-state index >= 15 is 0 Å². The van der Waals surface area contributed by atoms with Crippen molar-refractivity contribution in [3.05, 3.63) is 29.8 Å². The molecule has 7 heteroatoms. The van der Waals surface area contributed by atoms with Gasteiger partial charge in [0.15, 0.2) is 9.84 Å². The van der Waals surface area contributed by atoms with Gasteiger partial charge in [-0.15, -0.1) is 0 Å². The van der Waals surface area contributed by atoms with Crippen molar-refractivity contribution >= 4 is 9.84 Å². The Kier molecular flexibility index (Phi) is 4.98. The van der Waals surface area contributed by atoms with Crippen LogP contribution in [0.15, 0.2) is 29.2 Å². The highest BCUT2D eigenvalue weighted by molar-refractivity contribution is 7.91. The highest BCUT2D eigenvalue weighted by Gasteiger charge is 2.30. The molecule has 0 amide bonds. The van der Waals surface area contributed by atoms with Gasteiger partial charge in [0.2, 0.25) is 0 Å². The molecule has 0 aromatic heterocycles. The Morgan fingerprint density at radius 2 is 1.74 bits per heavy atom. The van der Waals surface area contributed by atoms with Crippen LogP contribution in [0, 0.1) is 0 Å². The molecule has 0 bridgehead atoms. The minimum absolute atomic E-state index is 0.132. The smallest absolute Gasteiger partial charge is 0.327 e. The summed E-state index contributed by atoms with van der Waals surface area (Å²) in [5.41, 5.74) is 4.78. The Morgan fingerprint density at radius 1 is 1.21 bits per heavy atom. The molecule has 1 aromatic carbocycles. The van der Waals surface area contributed by atoms with E-state index in [0.29, 0.717) is 6.42 Å². The van der Waals surface area contributed by atoms with Crippen LogP contribution in [0.25, 0.3) is 0 Å². The van der Waals surface area contributed by atoms with Crippen LogP contribution < -0.4 is 5.73 Å². The summed E-state index contributed by atoms with van der Waals surface area (Å²) in [7, 11) is -3.64. The summed E-state index contributed by atoms with van der Waals surface area (Å²) in [5.74, 6) is -0.258. The lowest BCUT2D eigenvalue weighted by Gasteiger charge is -2.12. The Hall–Kier alpha value is -1.08. The van der Waals surface area contributed by atoms with Crippen molar-refractivity contribution in [2.45, 2.75) is 36.9 Å². The van der Waals surface area contributed by atoms with Gasteiger partial charge in [-0.2, -0.15) is 13.2 Å². The van der Waals surface area contributed by atoms with Crippen LogP contribution >= 0.6 is 0 Å². The topological polar surface area (TPSA) is 60.2 Å². The average Bonchev–Trinajstić information content (AvgIpc) is 2.27. The molecule has 0 fully saturated rings. The Balaban J connectivity index is 2.91. The maximum atomic E-state index is 12.4. The van der Waals surface area contributed by atoms with E-state index in [1.165, 1.54) is 0 Å². The molecule has 108 valence electrons. The summed E-state index contributed by atoms with van der Waals surface area (Å²) < 4.78 is 60.9. The Bertz CT molecular complexity index is 509. The standard InChI is InChI=1S/C12H16F3NO2S/c1-2-3-10(16)8-19(17,18)11-6-4-9(5-7-11)12(13,14)15/h4-7,10H,2-3,8,16H2,1H3. The summed E-state index contributed by atoms with van der Waals surface area (Å²) >= 11 is 0. The summed E-state index contributed by atoms with van der Waals surface area (Å²) in [6.07, 6.45) is -3.16. The molecule has 0 aliphatic carbocycles. The fourth-order valence-corrected chi connectivity index (χ4v) is 3.16. The molecule has 0 aliphatic heterocycles. The molecule has 3 nitrogen and oxygen atoms in total. The van der Waals surface area contributed by atoms with Crippen LogP contribution in [0.4, 0.5) is 13.2 Å². The molecule has 0 radical (unpaired) electrons. The van der Waals surface area contributed by atoms with Crippen molar-refractivity contribution in [1.29, 1.82) is 0 Å². The minimum atomic E-state index is -4.47. The van der Waals surface area contributed by atoms with Crippen LogP contribution in [-0.4, -0.2) is 20.2 Å². The van der Waals surface area contributed by atoms with Crippen molar-refractivity contribution in [3.8, 4) is 0 Å². The molecule has 0 saturated heterocycles. The lowest BCUT2D eigenvalue weighted by molar-refractivity contribution is -0.137. The molecule has 1 rings (SSSR count). The minimum Gasteiger partial charge on any atom is -0.327 e. The van der Waals surface area contributed by atoms with Crippen molar-refractivity contribution in [1.82, 2.24) is 0 Å². The quantitative estimate of drug-likeness (QED) is 0.908. The molecule has 0 heterocycles. The van der Waals surface area contributed by atoms with Crippen molar-refractivity contribution in [2.24, 2.45) is 5.73 Å². The molecule has 19 heavy (non-hydrogen) atoms. The van der Waals surface area contributed by atoms with E-state index in [2.05, 4.69) is 0 Å². The lowest BCUT2D eigenvalue weighted by Crippen LogP contribution is -2.29. The zero-order valence-corrected chi connectivity index (χ0v) is 11.3. The molecule has 1 aromatic rings. The summed E-state index contributed by atoms with van der Waals surface area (Å²) in [5, 5.41) is 0. The van der Waals surface area contributed by atoms with Crippen molar-refractivity contribution < 1.29 is 21.6 Å². The summed E-state index contributed by atoms with van der Waals surface area (Å²) in [6.45, 7) is 1.88. The third-order valence-electron chi connectivity index (χ3n) is 2.63. The number of hydrogen-bond donors (Lipinski definition) is 1. The molecule has 0 saturated carbocycles. The number of nitrogens with two attached hydrogens (primary N) is 1. The normalized spacial score (nSPS) is 14.4. The van der Waals surface area contributed by atoms with E-state index in [9.17, 15) is 21.6 Å². The van der Waals surface area contributed by atoms with E-state index in [-0.39, 0.29) is 10.6 Å². The van der Waals surface area contributed by atoms with Gasteiger partial charge in [0, 0.05) is 6.04 Å². The predicted molar refractivity (Wildman–Crippen MR) is 66.4 cm³/mol. The van der Waals surface area contributed by atoms with E-state index in [1.54, 1.807) is 0 Å². The number of hydrogen-bond acceptors (Lipinski definition) is 3. The second kappa shape index (κ2) is 5.92. The largest absolute Gasteiger partial charge is 0.416 e. The third kappa shape index (κ3) is 4.50. The second-order valence-corrected chi connectivity index (χ2v) is 6.39. The molecule has 1 atom stereocenters. The Labute approximate surface area is 110 Å². The van der Waals surface area contributed by atoms with E-state index in [1.807, 2.05) is 6.92 Å². The molecule has 2 N–H and O–H groups in total. The van der Waals surface area contributed by atoms with Gasteiger partial charge >= 0.3 is 6.18 Å². The van der Waals surface area contributed by atoms with Crippen molar-refractivity contribution in [2.75, 3.05) is 5.75 Å². The molecule has 0 spiro atoms. The van der Waals surface area contributed by atoms with E-state index in [4.69, 9.17) is 5.73 Å². The number of alkyl halides is 3. The van der Waals surface area contributed by atoms with Crippen LogP contribution in [0.3, 0.4) is 0 Å². The first kappa shape index (κ1) is 16.0. The summed E-state index contributed by atoms with van der Waals surface area (Å²) in [4.78, 5) is -0.132. The molecule has 1 unspecified atom stereocenters. The first-order valence-electron chi connectivity index (χ1n) is 5.82. The maximum absolute atomic E-state index is 12.4. The van der Waals surface area contributed by atoms with Crippen LogP contribution in [0.1, 0.15) is 25.3 Å². The fourth-order valence-electron chi connectivity index (χ4n) is 1.68. The predicted octanol–water partition coefficient (Wildman–Crippen LogP) is 2.61. The van der Waals surface area contributed by atoms with Gasteiger partial charge in [0.25, 0.3) is 0 Å². The number of benzene rings is 1. The first-order valence-corrected chi connectivity index (χ1v) is 7.47. The van der Waals surface area contributed by atoms with Gasteiger partial charge in [-0.25, -0.2) is 8.42 Å². The summed E-state index contributed by atoms with van der Waals surface area (Å²) in [6, 6.07) is 2.96. The zero-order valence-electron chi connectivity index (χ0n) is 10.4. The zero-order chi connectivity index (χ0) is 14.7. The van der Waals surface area contributed by atoms with Crippen LogP contribution in [0.2, 0.25) is 0 Å². The number of halogens is 3. The van der Waals surface area contributed by atoms with Crippen molar-refractivity contribution in [3.63, 3.8) is 0 Å². The van der Waals surface area contributed by atoms with Gasteiger partial charge in [-0.05, 0) is 30.7 Å². The SMILES string of the molecule is CCCC(N)CS(=O)(=O)c1ccc(C(F)(F)F)cc1. The highest BCUT2D eigenvalue weighted by Crippen LogP contribution is 2.29. The molecular weight excluding hydrogens is 279 g/mol. The second-order valence-electron chi connectivity index (χ2n) is 4.35. The van der Waals surface area contributed by atoms with Gasteiger partial charge in [-0.3, -0.25) is 0 Å². The lowest BCUT2D eigenvalue weighted by atomic mass is 10.2. The first-order chi connectivity index (χ1) is 8.66. The number of sulfone groups is 1. The van der Waals surface area contributed by atoms with Gasteiger partial charge in [-0.1, -0.05) is 13.3 Å². The number of rotatable bonds is 5. The van der Waals surface area contributed by atoms with Gasteiger partial charge in [0.1, 0.15) is 0 Å². The average molecular weight is 295 g/mol. The van der Waals surface area contributed by atoms with Crippen LogP contribution in [-0.2, 0) is 16.0 Å². The molecule has 0 aliphatic rings. The fraction of sp³-hybridized carbons (Fsp3) is 0.500. The van der Waals surface area contributed by atoms with Crippen LogP contribution in [0.5, 0.6) is 0 Å².